The van der Waals surface area contributed by atoms with Gasteiger partial charge in [0.1, 0.15) is 0 Å². The van der Waals surface area contributed by atoms with Crippen molar-refractivity contribution in [3.63, 3.8) is 0 Å². The molecule has 24 heavy (non-hydrogen) atoms. The van der Waals surface area contributed by atoms with E-state index in [1.807, 2.05) is 19.1 Å². The molecule has 2 rings (SSSR count). The molecule has 1 fully saturated rings. The zero-order valence-corrected chi connectivity index (χ0v) is 13.9. The third kappa shape index (κ3) is 5.34. The van der Waals surface area contributed by atoms with Crippen molar-refractivity contribution >= 4 is 17.7 Å². The van der Waals surface area contributed by atoms with Gasteiger partial charge in [-0.1, -0.05) is 12.1 Å². The van der Waals surface area contributed by atoms with Crippen molar-refractivity contribution in [1.82, 2.24) is 15.5 Å². The minimum absolute atomic E-state index is 0.0120. The summed E-state index contributed by atoms with van der Waals surface area (Å²) >= 11 is 0. The number of nitrogens with two attached hydrogens (primary N) is 1. The van der Waals surface area contributed by atoms with Crippen LogP contribution in [-0.2, 0) is 16.1 Å². The number of carbonyl (C=O) groups is 3. The normalized spacial score (nSPS) is 15.6. The molecular formula is C17H24N4O3. The molecule has 3 amide bonds. The van der Waals surface area contributed by atoms with Crippen molar-refractivity contribution in [2.45, 2.75) is 32.4 Å². The fourth-order valence-electron chi connectivity index (χ4n) is 2.41. The molecule has 130 valence electrons. The second kappa shape index (κ2) is 8.44. The minimum atomic E-state index is -0.155. The Morgan fingerprint density at radius 2 is 2.04 bits per heavy atom. The first-order valence-electron chi connectivity index (χ1n) is 8.13. The Hall–Kier alpha value is -2.41. The maximum atomic E-state index is 12.3. The number of rotatable bonds is 6. The van der Waals surface area contributed by atoms with Gasteiger partial charge in [0.25, 0.3) is 5.91 Å². The Bertz CT molecular complexity index is 598. The van der Waals surface area contributed by atoms with Gasteiger partial charge in [-0.3, -0.25) is 14.4 Å². The first-order chi connectivity index (χ1) is 11.5. The van der Waals surface area contributed by atoms with Crippen LogP contribution in [0.1, 0.15) is 35.7 Å². The van der Waals surface area contributed by atoms with Crippen molar-refractivity contribution < 1.29 is 14.4 Å². The summed E-state index contributed by atoms with van der Waals surface area (Å²) in [7, 11) is 0. The van der Waals surface area contributed by atoms with E-state index in [4.69, 9.17) is 5.73 Å². The second-order valence-corrected chi connectivity index (χ2v) is 6.07. The number of carbonyl (C=O) groups excluding carboxylic acids is 3. The third-order valence-corrected chi connectivity index (χ3v) is 3.84. The van der Waals surface area contributed by atoms with E-state index in [0.29, 0.717) is 38.0 Å². The Morgan fingerprint density at radius 1 is 1.33 bits per heavy atom. The van der Waals surface area contributed by atoms with Crippen LogP contribution in [0.4, 0.5) is 0 Å². The fraction of sp³-hybridized carbons (Fsp3) is 0.471. The predicted octanol–water partition coefficient (Wildman–Crippen LogP) is 0.00220. The van der Waals surface area contributed by atoms with E-state index in [2.05, 4.69) is 10.6 Å². The van der Waals surface area contributed by atoms with Gasteiger partial charge >= 0.3 is 0 Å². The van der Waals surface area contributed by atoms with Crippen LogP contribution >= 0.6 is 0 Å². The van der Waals surface area contributed by atoms with Crippen LogP contribution < -0.4 is 16.4 Å². The molecule has 1 aliphatic rings. The number of hydrogen-bond donors (Lipinski definition) is 3. The zero-order valence-electron chi connectivity index (χ0n) is 13.9. The molecule has 1 heterocycles. The maximum Gasteiger partial charge on any atom is 0.254 e. The fourth-order valence-corrected chi connectivity index (χ4v) is 2.41. The molecule has 4 N–H and O–H groups in total. The molecule has 1 aliphatic heterocycles. The highest BCUT2D eigenvalue weighted by molar-refractivity contribution is 5.97. The number of benzene rings is 1. The van der Waals surface area contributed by atoms with Gasteiger partial charge in [0.05, 0.1) is 6.54 Å². The quantitative estimate of drug-likeness (QED) is 0.682. The highest BCUT2D eigenvalue weighted by Gasteiger charge is 2.22. The Morgan fingerprint density at radius 3 is 2.67 bits per heavy atom. The van der Waals surface area contributed by atoms with Crippen molar-refractivity contribution in [3.8, 4) is 0 Å². The summed E-state index contributed by atoms with van der Waals surface area (Å²) in [6.07, 6.45) is 1.06. The molecular weight excluding hydrogens is 308 g/mol. The summed E-state index contributed by atoms with van der Waals surface area (Å²) in [5.74, 6) is -0.329. The standard InChI is InChI=1S/C17H24N4O3/c1-12(18)2-7-15(22)20-10-13-3-5-14(6-4-13)17(24)21-9-8-19-16(23)11-21/h3-6,12H,2,7-11,18H2,1H3,(H,19,23)(H,20,22). The van der Waals surface area contributed by atoms with Gasteiger partial charge in [-0.25, -0.2) is 0 Å². The Kier molecular flexibility index (Phi) is 6.31. The van der Waals surface area contributed by atoms with Crippen LogP contribution in [0.5, 0.6) is 0 Å². The lowest BCUT2D eigenvalue weighted by Gasteiger charge is -2.26. The SMILES string of the molecule is CC(N)CCC(=O)NCc1ccc(C(=O)N2CCNC(=O)C2)cc1. The topological polar surface area (TPSA) is 105 Å². The van der Waals surface area contributed by atoms with E-state index in [0.717, 1.165) is 5.56 Å². The summed E-state index contributed by atoms with van der Waals surface area (Å²) in [6.45, 7) is 3.38. The molecule has 1 atom stereocenters. The number of hydrogen-bond acceptors (Lipinski definition) is 4. The predicted molar refractivity (Wildman–Crippen MR) is 90.1 cm³/mol. The van der Waals surface area contributed by atoms with Gasteiger partial charge in [-0.2, -0.15) is 0 Å². The summed E-state index contributed by atoms with van der Waals surface area (Å²) in [5.41, 5.74) is 7.07. The third-order valence-electron chi connectivity index (χ3n) is 3.84. The molecule has 1 aromatic rings. The van der Waals surface area contributed by atoms with Gasteiger partial charge in [-0.05, 0) is 31.0 Å². The molecule has 0 saturated carbocycles. The monoisotopic (exact) mass is 332 g/mol. The van der Waals surface area contributed by atoms with Gasteiger partial charge in [0.15, 0.2) is 0 Å². The zero-order chi connectivity index (χ0) is 17.5. The average Bonchev–Trinajstić information content (AvgIpc) is 2.58. The molecule has 0 aliphatic carbocycles. The summed E-state index contributed by atoms with van der Waals surface area (Å²) < 4.78 is 0. The molecule has 0 radical (unpaired) electrons. The van der Waals surface area contributed by atoms with Gasteiger partial charge < -0.3 is 21.3 Å². The number of amides is 3. The Labute approximate surface area is 141 Å². The number of piperazine rings is 1. The van der Waals surface area contributed by atoms with Crippen LogP contribution in [0.15, 0.2) is 24.3 Å². The number of nitrogens with one attached hydrogen (secondary N) is 2. The van der Waals surface area contributed by atoms with Crippen molar-refractivity contribution in [1.29, 1.82) is 0 Å². The van der Waals surface area contributed by atoms with Gasteiger partial charge in [-0.15, -0.1) is 0 Å². The van der Waals surface area contributed by atoms with E-state index in [-0.39, 0.29) is 30.3 Å². The summed E-state index contributed by atoms with van der Waals surface area (Å²) in [5, 5.41) is 5.52. The van der Waals surface area contributed by atoms with Crippen LogP contribution in [0.2, 0.25) is 0 Å². The van der Waals surface area contributed by atoms with Crippen LogP contribution in [-0.4, -0.2) is 48.3 Å². The molecule has 7 nitrogen and oxygen atoms in total. The summed E-state index contributed by atoms with van der Waals surface area (Å²) in [4.78, 5) is 36.9. The van der Waals surface area contributed by atoms with Crippen LogP contribution in [0.25, 0.3) is 0 Å². The first-order valence-corrected chi connectivity index (χ1v) is 8.13. The molecule has 0 aromatic heterocycles. The highest BCUT2D eigenvalue weighted by atomic mass is 16.2. The highest BCUT2D eigenvalue weighted by Crippen LogP contribution is 2.09. The van der Waals surface area contributed by atoms with E-state index < -0.39 is 0 Å². The first kappa shape index (κ1) is 17.9. The Balaban J connectivity index is 1.85. The lowest BCUT2D eigenvalue weighted by molar-refractivity contribution is -0.123. The van der Waals surface area contributed by atoms with Crippen molar-refractivity contribution in [2.75, 3.05) is 19.6 Å². The smallest absolute Gasteiger partial charge is 0.254 e. The largest absolute Gasteiger partial charge is 0.353 e. The average molecular weight is 332 g/mol. The number of nitrogens with zero attached hydrogens (tertiary/aromatic N) is 1. The summed E-state index contributed by atoms with van der Waals surface area (Å²) in [6, 6.07) is 7.07. The molecule has 1 unspecified atom stereocenters. The molecule has 1 aromatic carbocycles. The lowest BCUT2D eigenvalue weighted by atomic mass is 10.1. The van der Waals surface area contributed by atoms with E-state index in [1.54, 1.807) is 12.1 Å². The van der Waals surface area contributed by atoms with E-state index in [9.17, 15) is 14.4 Å². The van der Waals surface area contributed by atoms with Crippen molar-refractivity contribution in [3.05, 3.63) is 35.4 Å². The van der Waals surface area contributed by atoms with Gasteiger partial charge in [0, 0.05) is 37.7 Å². The van der Waals surface area contributed by atoms with Crippen LogP contribution in [0.3, 0.4) is 0 Å². The lowest BCUT2D eigenvalue weighted by Crippen LogP contribution is -2.49. The van der Waals surface area contributed by atoms with Crippen molar-refractivity contribution in [2.24, 2.45) is 5.73 Å². The van der Waals surface area contributed by atoms with Crippen LogP contribution in [0, 0.1) is 0 Å². The minimum Gasteiger partial charge on any atom is -0.353 e. The van der Waals surface area contributed by atoms with Gasteiger partial charge in [0.2, 0.25) is 11.8 Å². The molecule has 0 bridgehead atoms. The molecule has 0 spiro atoms. The van der Waals surface area contributed by atoms with E-state index >= 15 is 0 Å². The van der Waals surface area contributed by atoms with E-state index in [1.165, 1.54) is 4.90 Å². The second-order valence-electron chi connectivity index (χ2n) is 6.07. The maximum absolute atomic E-state index is 12.3. The molecule has 1 saturated heterocycles. The molecule has 7 heteroatoms.